The lowest BCUT2D eigenvalue weighted by Crippen LogP contribution is -1.90. The summed E-state index contributed by atoms with van der Waals surface area (Å²) in [4.78, 5) is 0. The molecule has 0 fully saturated rings. The molecule has 0 bridgehead atoms. The number of halogens is 1. The molecule has 0 spiro atoms. The molecule has 2 rings (SSSR count). The van der Waals surface area contributed by atoms with Gasteiger partial charge in [0.25, 0.3) is 0 Å². The average molecular weight is 194 g/mol. The fourth-order valence-electron chi connectivity index (χ4n) is 1.08. The average Bonchev–Trinajstić information content (AvgIpc) is 2.62. The molecule has 1 aromatic carbocycles. The second kappa shape index (κ2) is 3.18. The summed E-state index contributed by atoms with van der Waals surface area (Å²) < 4.78 is 1.81. The monoisotopic (exact) mass is 193 g/mol. The van der Waals surface area contributed by atoms with E-state index in [1.807, 2.05) is 29.7 Å². The summed E-state index contributed by atoms with van der Waals surface area (Å²) in [6.07, 6.45) is 3.28. The molecule has 1 aromatic heterocycles. The molecule has 66 valence electrons. The van der Waals surface area contributed by atoms with E-state index < -0.39 is 0 Å². The lowest BCUT2D eigenvalue weighted by molar-refractivity contribution is 1.05. The number of aryl methyl sites for hydroxylation is 1. The van der Waals surface area contributed by atoms with Crippen LogP contribution >= 0.6 is 11.6 Å². The summed E-state index contributed by atoms with van der Waals surface area (Å²) >= 11 is 5.98. The van der Waals surface area contributed by atoms with Crippen molar-refractivity contribution >= 4 is 11.6 Å². The molecule has 0 radical (unpaired) electrons. The zero-order valence-corrected chi connectivity index (χ0v) is 7.86. The molecule has 4 heteroatoms. The molecule has 13 heavy (non-hydrogen) atoms. The number of benzene rings is 1. The Hall–Kier alpha value is -1.35. The third-order valence-electron chi connectivity index (χ3n) is 1.87. The zero-order valence-electron chi connectivity index (χ0n) is 7.11. The van der Waals surface area contributed by atoms with E-state index in [9.17, 15) is 0 Å². The topological polar surface area (TPSA) is 30.7 Å². The largest absolute Gasteiger partial charge is 0.288 e. The van der Waals surface area contributed by atoms with Crippen molar-refractivity contribution in [2.75, 3.05) is 0 Å². The molecule has 0 N–H and O–H groups in total. The Morgan fingerprint density at radius 2 is 1.92 bits per heavy atom. The van der Waals surface area contributed by atoms with Crippen LogP contribution in [0.3, 0.4) is 0 Å². The van der Waals surface area contributed by atoms with Crippen molar-refractivity contribution < 1.29 is 0 Å². The van der Waals surface area contributed by atoms with Gasteiger partial charge in [-0.15, -0.1) is 10.2 Å². The van der Waals surface area contributed by atoms with Crippen LogP contribution in [0.1, 0.15) is 5.56 Å². The molecule has 1 heterocycles. The van der Waals surface area contributed by atoms with E-state index in [1.54, 1.807) is 12.7 Å². The van der Waals surface area contributed by atoms with E-state index in [-0.39, 0.29) is 0 Å². The summed E-state index contributed by atoms with van der Waals surface area (Å²) in [7, 11) is 0. The quantitative estimate of drug-likeness (QED) is 0.696. The maximum Gasteiger partial charge on any atom is 0.123 e. The summed E-state index contributed by atoms with van der Waals surface area (Å²) in [5, 5.41) is 8.20. The summed E-state index contributed by atoms with van der Waals surface area (Å²) in [5.41, 5.74) is 2.04. The highest BCUT2D eigenvalue weighted by Gasteiger charge is 1.99. The summed E-state index contributed by atoms with van der Waals surface area (Å²) in [6.45, 7) is 1.97. The van der Waals surface area contributed by atoms with Gasteiger partial charge in [0, 0.05) is 10.7 Å². The van der Waals surface area contributed by atoms with Crippen LogP contribution in [0.15, 0.2) is 30.9 Å². The fourth-order valence-corrected chi connectivity index (χ4v) is 1.25. The standard InChI is InChI=1S/C9H8ClN3/c1-7-2-3-8(4-9(7)10)13-5-11-12-6-13/h2-6H,1H3. The number of aromatic nitrogens is 3. The van der Waals surface area contributed by atoms with Gasteiger partial charge in [-0.3, -0.25) is 4.57 Å². The molecule has 3 nitrogen and oxygen atoms in total. The number of hydrogen-bond acceptors (Lipinski definition) is 2. The predicted molar refractivity (Wildman–Crippen MR) is 51.1 cm³/mol. The number of rotatable bonds is 1. The van der Waals surface area contributed by atoms with E-state index in [0.717, 1.165) is 16.3 Å². The van der Waals surface area contributed by atoms with E-state index in [0.29, 0.717) is 0 Å². The van der Waals surface area contributed by atoms with Crippen LogP contribution in [0.4, 0.5) is 0 Å². The Kier molecular flexibility index (Phi) is 2.02. The molecule has 0 aliphatic carbocycles. The Balaban J connectivity index is 2.49. The lowest BCUT2D eigenvalue weighted by atomic mass is 10.2. The molecular formula is C9H8ClN3. The Bertz CT molecular complexity index is 409. The maximum atomic E-state index is 5.98. The minimum absolute atomic E-state index is 0.756. The molecule has 2 aromatic rings. The van der Waals surface area contributed by atoms with Gasteiger partial charge in [0.05, 0.1) is 0 Å². The number of nitrogens with zero attached hydrogens (tertiary/aromatic N) is 3. The van der Waals surface area contributed by atoms with Crippen LogP contribution < -0.4 is 0 Å². The third-order valence-corrected chi connectivity index (χ3v) is 2.28. The van der Waals surface area contributed by atoms with Crippen molar-refractivity contribution in [2.24, 2.45) is 0 Å². The predicted octanol–water partition coefficient (Wildman–Crippen LogP) is 2.23. The van der Waals surface area contributed by atoms with Crippen molar-refractivity contribution in [2.45, 2.75) is 6.92 Å². The van der Waals surface area contributed by atoms with E-state index in [2.05, 4.69) is 10.2 Å². The first kappa shape index (κ1) is 8.26. The van der Waals surface area contributed by atoms with Crippen LogP contribution in [0.2, 0.25) is 5.02 Å². The van der Waals surface area contributed by atoms with Crippen molar-refractivity contribution in [1.29, 1.82) is 0 Å². The van der Waals surface area contributed by atoms with E-state index >= 15 is 0 Å². The van der Waals surface area contributed by atoms with Gasteiger partial charge in [0.15, 0.2) is 0 Å². The summed E-state index contributed by atoms with van der Waals surface area (Å²) in [6, 6.07) is 5.84. The highest BCUT2D eigenvalue weighted by atomic mass is 35.5. The van der Waals surface area contributed by atoms with Crippen LogP contribution in [0.25, 0.3) is 5.69 Å². The van der Waals surface area contributed by atoms with Crippen molar-refractivity contribution in [1.82, 2.24) is 14.8 Å². The minimum Gasteiger partial charge on any atom is -0.288 e. The van der Waals surface area contributed by atoms with Crippen LogP contribution in [-0.4, -0.2) is 14.8 Å². The smallest absolute Gasteiger partial charge is 0.123 e. The SMILES string of the molecule is Cc1ccc(-n2cnnc2)cc1Cl. The molecule has 0 unspecified atom stereocenters. The summed E-state index contributed by atoms with van der Waals surface area (Å²) in [5.74, 6) is 0. The third kappa shape index (κ3) is 1.55. The Morgan fingerprint density at radius 1 is 1.23 bits per heavy atom. The molecule has 0 atom stereocenters. The van der Waals surface area contributed by atoms with Gasteiger partial charge in [0.2, 0.25) is 0 Å². The highest BCUT2D eigenvalue weighted by Crippen LogP contribution is 2.18. The lowest BCUT2D eigenvalue weighted by Gasteiger charge is -2.02. The zero-order chi connectivity index (χ0) is 9.26. The first-order valence-electron chi connectivity index (χ1n) is 3.88. The van der Waals surface area contributed by atoms with Crippen LogP contribution in [0.5, 0.6) is 0 Å². The van der Waals surface area contributed by atoms with Gasteiger partial charge in [-0.1, -0.05) is 17.7 Å². The van der Waals surface area contributed by atoms with Gasteiger partial charge < -0.3 is 0 Å². The number of hydrogen-bond donors (Lipinski definition) is 0. The molecule has 0 amide bonds. The molecule has 0 aliphatic heterocycles. The van der Waals surface area contributed by atoms with Gasteiger partial charge in [-0.2, -0.15) is 0 Å². The van der Waals surface area contributed by atoms with Gasteiger partial charge in [-0.05, 0) is 24.6 Å². The Morgan fingerprint density at radius 3 is 2.54 bits per heavy atom. The normalized spacial score (nSPS) is 10.3. The van der Waals surface area contributed by atoms with E-state index in [4.69, 9.17) is 11.6 Å². The Labute approximate surface area is 81.0 Å². The highest BCUT2D eigenvalue weighted by molar-refractivity contribution is 6.31. The second-order valence-electron chi connectivity index (χ2n) is 2.80. The first-order valence-corrected chi connectivity index (χ1v) is 4.26. The first-order chi connectivity index (χ1) is 6.27. The van der Waals surface area contributed by atoms with Gasteiger partial charge in [-0.25, -0.2) is 0 Å². The molecule has 0 saturated carbocycles. The minimum atomic E-state index is 0.756. The fraction of sp³-hybridized carbons (Fsp3) is 0.111. The van der Waals surface area contributed by atoms with E-state index in [1.165, 1.54) is 0 Å². The molecule has 0 aliphatic rings. The van der Waals surface area contributed by atoms with Crippen molar-refractivity contribution in [3.63, 3.8) is 0 Å². The van der Waals surface area contributed by atoms with Crippen LogP contribution in [-0.2, 0) is 0 Å². The maximum absolute atomic E-state index is 5.98. The van der Waals surface area contributed by atoms with Crippen LogP contribution in [0, 0.1) is 6.92 Å². The second-order valence-corrected chi connectivity index (χ2v) is 3.21. The van der Waals surface area contributed by atoms with Gasteiger partial charge >= 0.3 is 0 Å². The van der Waals surface area contributed by atoms with Crippen molar-refractivity contribution in [3.8, 4) is 5.69 Å². The molecular weight excluding hydrogens is 186 g/mol. The molecule has 0 saturated heterocycles. The van der Waals surface area contributed by atoms with Crippen molar-refractivity contribution in [3.05, 3.63) is 41.4 Å². The van der Waals surface area contributed by atoms with Gasteiger partial charge in [0.1, 0.15) is 12.7 Å².